The normalized spacial score (nSPS) is 12.6. The van der Waals surface area contributed by atoms with Crippen LogP contribution in [0.15, 0.2) is 18.7 Å². The summed E-state index contributed by atoms with van der Waals surface area (Å²) in [5.74, 6) is 0. The van der Waals surface area contributed by atoms with Crippen molar-refractivity contribution in [2.75, 3.05) is 7.05 Å². The van der Waals surface area contributed by atoms with Gasteiger partial charge in [0.15, 0.2) is 0 Å². The molecule has 1 aromatic rings. The van der Waals surface area contributed by atoms with Crippen LogP contribution in [0.5, 0.6) is 0 Å². The molecular weight excluding hydrogens is 210 g/mol. The van der Waals surface area contributed by atoms with E-state index >= 15 is 0 Å². The first kappa shape index (κ1) is 14.0. The molecule has 1 heterocycles. The molecule has 0 saturated carbocycles. The molecule has 3 nitrogen and oxygen atoms in total. The zero-order chi connectivity index (χ0) is 12.7. The first-order valence-corrected chi connectivity index (χ1v) is 6.61. The van der Waals surface area contributed by atoms with E-state index in [9.17, 15) is 0 Å². The first-order valence-electron chi connectivity index (χ1n) is 6.61. The topological polar surface area (TPSA) is 29.9 Å². The van der Waals surface area contributed by atoms with Crippen molar-refractivity contribution in [3.8, 4) is 0 Å². The van der Waals surface area contributed by atoms with Crippen molar-refractivity contribution in [1.82, 2.24) is 15.1 Å². The maximum absolute atomic E-state index is 4.60. The Hall–Kier alpha value is -1.09. The maximum atomic E-state index is 4.60. The van der Waals surface area contributed by atoms with Crippen molar-refractivity contribution in [3.63, 3.8) is 0 Å². The molecule has 1 aromatic heterocycles. The number of nitrogens with one attached hydrogen (secondary N) is 1. The van der Waals surface area contributed by atoms with Crippen LogP contribution in [0.1, 0.15) is 50.5 Å². The SMILES string of the molecule is C=CCCCC(NC)c1cc(CC)nn1CC. The highest BCUT2D eigenvalue weighted by Gasteiger charge is 2.15. The minimum Gasteiger partial charge on any atom is -0.312 e. The Labute approximate surface area is 105 Å². The van der Waals surface area contributed by atoms with Gasteiger partial charge in [-0.1, -0.05) is 13.0 Å². The molecular formula is C14H25N3. The zero-order valence-electron chi connectivity index (χ0n) is 11.4. The molecule has 1 N–H and O–H groups in total. The lowest BCUT2D eigenvalue weighted by atomic mass is 10.1. The quantitative estimate of drug-likeness (QED) is 0.554. The molecule has 96 valence electrons. The number of aryl methyl sites for hydroxylation is 2. The summed E-state index contributed by atoms with van der Waals surface area (Å²) in [5.41, 5.74) is 2.50. The predicted octanol–water partition coefficient (Wildman–Crippen LogP) is 3.08. The average molecular weight is 235 g/mol. The number of hydrogen-bond acceptors (Lipinski definition) is 2. The summed E-state index contributed by atoms with van der Waals surface area (Å²) in [6, 6.07) is 2.64. The fraction of sp³-hybridized carbons (Fsp3) is 0.643. The van der Waals surface area contributed by atoms with Gasteiger partial charge < -0.3 is 5.32 Å². The molecule has 0 saturated heterocycles. The van der Waals surface area contributed by atoms with E-state index in [1.807, 2.05) is 13.1 Å². The van der Waals surface area contributed by atoms with E-state index in [4.69, 9.17) is 0 Å². The number of nitrogens with zero attached hydrogens (tertiary/aromatic N) is 2. The Kier molecular flexibility index (Phi) is 5.98. The molecule has 0 aliphatic heterocycles. The smallest absolute Gasteiger partial charge is 0.0625 e. The molecule has 0 spiro atoms. The number of rotatable bonds is 8. The van der Waals surface area contributed by atoms with Gasteiger partial charge in [0.1, 0.15) is 0 Å². The maximum Gasteiger partial charge on any atom is 0.0625 e. The lowest BCUT2D eigenvalue weighted by molar-refractivity contribution is 0.477. The minimum absolute atomic E-state index is 0.405. The fourth-order valence-corrected chi connectivity index (χ4v) is 2.10. The summed E-state index contributed by atoms with van der Waals surface area (Å²) in [5, 5.41) is 8.00. The Morgan fingerprint density at radius 2 is 2.29 bits per heavy atom. The molecule has 1 rings (SSSR count). The second-order valence-corrected chi connectivity index (χ2v) is 4.29. The van der Waals surface area contributed by atoms with Gasteiger partial charge in [-0.05, 0) is 45.7 Å². The van der Waals surface area contributed by atoms with Gasteiger partial charge in [-0.15, -0.1) is 6.58 Å². The number of unbranched alkanes of at least 4 members (excludes halogenated alkanes) is 1. The highest BCUT2D eigenvalue weighted by molar-refractivity contribution is 5.14. The van der Waals surface area contributed by atoms with Gasteiger partial charge in [0, 0.05) is 12.6 Å². The molecule has 3 heteroatoms. The summed E-state index contributed by atoms with van der Waals surface area (Å²) in [7, 11) is 2.02. The van der Waals surface area contributed by atoms with E-state index in [1.165, 1.54) is 17.8 Å². The monoisotopic (exact) mass is 235 g/mol. The van der Waals surface area contributed by atoms with Crippen molar-refractivity contribution >= 4 is 0 Å². The highest BCUT2D eigenvalue weighted by Crippen LogP contribution is 2.20. The molecule has 0 radical (unpaired) electrons. The van der Waals surface area contributed by atoms with Crippen LogP contribution >= 0.6 is 0 Å². The van der Waals surface area contributed by atoms with Crippen molar-refractivity contribution < 1.29 is 0 Å². The molecule has 0 bridgehead atoms. The van der Waals surface area contributed by atoms with E-state index < -0.39 is 0 Å². The molecule has 17 heavy (non-hydrogen) atoms. The van der Waals surface area contributed by atoms with Crippen LogP contribution in [0.4, 0.5) is 0 Å². The van der Waals surface area contributed by atoms with E-state index in [2.05, 4.69) is 41.6 Å². The number of hydrogen-bond donors (Lipinski definition) is 1. The summed E-state index contributed by atoms with van der Waals surface area (Å²) in [6.07, 6.45) is 6.38. The first-order chi connectivity index (χ1) is 8.26. The predicted molar refractivity (Wildman–Crippen MR) is 73.1 cm³/mol. The second kappa shape index (κ2) is 7.28. The van der Waals surface area contributed by atoms with Crippen molar-refractivity contribution in [2.24, 2.45) is 0 Å². The Morgan fingerprint density at radius 3 is 2.82 bits per heavy atom. The summed E-state index contributed by atoms with van der Waals surface area (Å²) in [6.45, 7) is 9.00. The Morgan fingerprint density at radius 1 is 1.53 bits per heavy atom. The van der Waals surface area contributed by atoms with Crippen LogP contribution in [0.2, 0.25) is 0 Å². The highest BCUT2D eigenvalue weighted by atomic mass is 15.3. The summed E-state index contributed by atoms with van der Waals surface area (Å²) in [4.78, 5) is 0. The van der Waals surface area contributed by atoms with E-state index in [0.29, 0.717) is 6.04 Å². The van der Waals surface area contributed by atoms with Gasteiger partial charge in [0.25, 0.3) is 0 Å². The second-order valence-electron chi connectivity index (χ2n) is 4.29. The van der Waals surface area contributed by atoms with Crippen molar-refractivity contribution in [2.45, 2.75) is 52.1 Å². The van der Waals surface area contributed by atoms with Gasteiger partial charge >= 0.3 is 0 Å². The van der Waals surface area contributed by atoms with Gasteiger partial charge in [-0.3, -0.25) is 4.68 Å². The van der Waals surface area contributed by atoms with Crippen molar-refractivity contribution in [3.05, 3.63) is 30.1 Å². The van der Waals surface area contributed by atoms with E-state index in [0.717, 1.165) is 25.8 Å². The van der Waals surface area contributed by atoms with Gasteiger partial charge in [-0.2, -0.15) is 5.10 Å². The largest absolute Gasteiger partial charge is 0.312 e. The summed E-state index contributed by atoms with van der Waals surface area (Å²) < 4.78 is 2.12. The van der Waals surface area contributed by atoms with E-state index in [1.54, 1.807) is 0 Å². The third kappa shape index (κ3) is 3.70. The molecule has 0 aliphatic rings. The average Bonchev–Trinajstić information content (AvgIpc) is 2.78. The molecule has 0 fully saturated rings. The van der Waals surface area contributed by atoms with E-state index in [-0.39, 0.29) is 0 Å². The molecule has 1 unspecified atom stereocenters. The lowest BCUT2D eigenvalue weighted by Gasteiger charge is -2.16. The minimum atomic E-state index is 0.405. The van der Waals surface area contributed by atoms with Crippen LogP contribution in [0, 0.1) is 0 Å². The van der Waals surface area contributed by atoms with Gasteiger partial charge in [0.05, 0.1) is 11.4 Å². The van der Waals surface area contributed by atoms with Crippen LogP contribution in [0.25, 0.3) is 0 Å². The van der Waals surface area contributed by atoms with Crippen LogP contribution in [0.3, 0.4) is 0 Å². The third-order valence-corrected chi connectivity index (χ3v) is 3.13. The fourth-order valence-electron chi connectivity index (χ4n) is 2.10. The lowest BCUT2D eigenvalue weighted by Crippen LogP contribution is -2.20. The van der Waals surface area contributed by atoms with Crippen LogP contribution in [-0.4, -0.2) is 16.8 Å². The molecule has 0 aliphatic carbocycles. The molecule has 0 amide bonds. The summed E-state index contributed by atoms with van der Waals surface area (Å²) >= 11 is 0. The van der Waals surface area contributed by atoms with Gasteiger partial charge in [-0.25, -0.2) is 0 Å². The van der Waals surface area contributed by atoms with Crippen molar-refractivity contribution in [1.29, 1.82) is 0 Å². The van der Waals surface area contributed by atoms with Gasteiger partial charge in [0.2, 0.25) is 0 Å². The zero-order valence-corrected chi connectivity index (χ0v) is 11.4. The third-order valence-electron chi connectivity index (χ3n) is 3.13. The van der Waals surface area contributed by atoms with Crippen LogP contribution < -0.4 is 5.32 Å². The molecule has 1 atom stereocenters. The Balaban J connectivity index is 2.78. The number of allylic oxidation sites excluding steroid dienone is 1. The number of aromatic nitrogens is 2. The standard InChI is InChI=1S/C14H25N3/c1-5-8-9-10-13(15-4)14-11-12(6-2)16-17(14)7-3/h5,11,13,15H,1,6-10H2,2-4H3. The Bertz CT molecular complexity index is 341. The van der Waals surface area contributed by atoms with Crippen LogP contribution in [-0.2, 0) is 13.0 Å². The molecule has 0 aromatic carbocycles.